The van der Waals surface area contributed by atoms with Crippen LogP contribution in [0.2, 0.25) is 0 Å². The number of nitrogens with one attached hydrogen (secondary N) is 2. The van der Waals surface area contributed by atoms with E-state index in [2.05, 4.69) is 16.4 Å². The Morgan fingerprint density at radius 3 is 2.56 bits per heavy atom. The normalized spacial score (nSPS) is 21.3. The lowest BCUT2D eigenvalue weighted by Crippen LogP contribution is -2.46. The lowest BCUT2D eigenvalue weighted by atomic mass is 10.3. The molecule has 1 saturated heterocycles. The van der Waals surface area contributed by atoms with Crippen molar-refractivity contribution in [2.75, 3.05) is 26.2 Å². The number of rotatable bonds is 1. The van der Waals surface area contributed by atoms with Crippen molar-refractivity contribution < 1.29 is 13.2 Å². The standard InChI is InChI=1S/C10H12F3N3/c11-10(12,13)8-2-1-3-9(15-8)16-6-4-14-5-7-16/h1-2,14-15H,4-7H2. The van der Waals surface area contributed by atoms with Crippen LogP contribution in [0.4, 0.5) is 13.2 Å². The van der Waals surface area contributed by atoms with Crippen molar-refractivity contribution in [3.05, 3.63) is 29.4 Å². The molecular weight excluding hydrogens is 219 g/mol. The first-order valence-corrected chi connectivity index (χ1v) is 5.04. The second-order valence-electron chi connectivity index (χ2n) is 3.60. The molecule has 0 spiro atoms. The summed E-state index contributed by atoms with van der Waals surface area (Å²) in [5.41, 5.74) is 2.06. The average molecular weight is 231 g/mol. The van der Waals surface area contributed by atoms with Crippen LogP contribution in [0.15, 0.2) is 29.4 Å². The molecule has 0 unspecified atom stereocenters. The largest absolute Gasteiger partial charge is 0.431 e. The highest BCUT2D eigenvalue weighted by atomic mass is 19.4. The predicted octanol–water partition coefficient (Wildman–Crippen LogP) is 0.937. The molecule has 88 valence electrons. The molecule has 2 aliphatic rings. The van der Waals surface area contributed by atoms with Gasteiger partial charge >= 0.3 is 6.18 Å². The molecule has 0 radical (unpaired) electrons. The van der Waals surface area contributed by atoms with E-state index in [0.29, 0.717) is 18.9 Å². The van der Waals surface area contributed by atoms with Gasteiger partial charge < -0.3 is 15.5 Å². The Bertz CT molecular complexity index is 358. The van der Waals surface area contributed by atoms with Crippen molar-refractivity contribution in [1.82, 2.24) is 15.5 Å². The molecule has 6 heteroatoms. The third-order valence-electron chi connectivity index (χ3n) is 2.46. The topological polar surface area (TPSA) is 27.3 Å². The van der Waals surface area contributed by atoms with Gasteiger partial charge in [0.05, 0.1) is 0 Å². The first-order valence-electron chi connectivity index (χ1n) is 5.04. The Kier molecular flexibility index (Phi) is 2.94. The number of piperazine rings is 1. The smallest absolute Gasteiger partial charge is 0.349 e. The molecule has 0 aromatic carbocycles. The zero-order valence-corrected chi connectivity index (χ0v) is 8.56. The Labute approximate surface area is 91.3 Å². The number of halogens is 3. The maximum absolute atomic E-state index is 12.5. The lowest BCUT2D eigenvalue weighted by Gasteiger charge is -2.32. The van der Waals surface area contributed by atoms with Crippen molar-refractivity contribution in [1.29, 1.82) is 0 Å². The molecule has 0 aliphatic carbocycles. The first-order chi connectivity index (χ1) is 7.57. The summed E-state index contributed by atoms with van der Waals surface area (Å²) < 4.78 is 37.4. The lowest BCUT2D eigenvalue weighted by molar-refractivity contribution is -0.0965. The Morgan fingerprint density at radius 1 is 1.25 bits per heavy atom. The monoisotopic (exact) mass is 231 g/mol. The summed E-state index contributed by atoms with van der Waals surface area (Å²) in [5, 5.41) is 5.51. The molecule has 0 atom stereocenters. The highest BCUT2D eigenvalue weighted by Crippen LogP contribution is 2.25. The van der Waals surface area contributed by atoms with Crippen LogP contribution in [0.5, 0.6) is 0 Å². The van der Waals surface area contributed by atoms with Gasteiger partial charge in [0.25, 0.3) is 0 Å². The molecule has 2 heterocycles. The van der Waals surface area contributed by atoms with Crippen LogP contribution in [-0.4, -0.2) is 37.3 Å². The van der Waals surface area contributed by atoms with E-state index >= 15 is 0 Å². The summed E-state index contributed by atoms with van der Waals surface area (Å²) in [4.78, 5) is 1.85. The van der Waals surface area contributed by atoms with Gasteiger partial charge in [-0.25, -0.2) is 0 Å². The Balaban J connectivity index is 2.07. The van der Waals surface area contributed by atoms with Gasteiger partial charge in [0.15, 0.2) is 5.82 Å². The van der Waals surface area contributed by atoms with E-state index in [1.54, 1.807) is 0 Å². The summed E-state index contributed by atoms with van der Waals surface area (Å²) in [6.07, 6.45) is -2.04. The molecule has 0 amide bonds. The highest BCUT2D eigenvalue weighted by Gasteiger charge is 2.35. The zero-order chi connectivity index (χ0) is 11.6. The van der Waals surface area contributed by atoms with E-state index in [9.17, 15) is 13.2 Å². The van der Waals surface area contributed by atoms with E-state index in [0.717, 1.165) is 19.2 Å². The minimum atomic E-state index is -4.34. The third-order valence-corrected chi connectivity index (χ3v) is 2.46. The molecule has 3 nitrogen and oxygen atoms in total. The van der Waals surface area contributed by atoms with Crippen LogP contribution in [0, 0.1) is 0 Å². The molecule has 0 bridgehead atoms. The average Bonchev–Trinajstić information content (AvgIpc) is 2.29. The van der Waals surface area contributed by atoms with Gasteiger partial charge in [0, 0.05) is 26.2 Å². The van der Waals surface area contributed by atoms with E-state index in [4.69, 9.17) is 0 Å². The van der Waals surface area contributed by atoms with Crippen molar-refractivity contribution in [3.8, 4) is 0 Å². The van der Waals surface area contributed by atoms with E-state index in [-0.39, 0.29) is 0 Å². The summed E-state index contributed by atoms with van der Waals surface area (Å²) in [7, 11) is 0. The summed E-state index contributed by atoms with van der Waals surface area (Å²) in [6.45, 7) is 2.93. The second-order valence-corrected chi connectivity index (χ2v) is 3.60. The minimum Gasteiger partial charge on any atom is -0.349 e. The first kappa shape index (κ1) is 11.1. The van der Waals surface area contributed by atoms with E-state index < -0.39 is 11.9 Å². The third kappa shape index (κ3) is 2.40. The fraction of sp³-hybridized carbons (Fsp3) is 0.500. The molecule has 0 saturated carbocycles. The van der Waals surface area contributed by atoms with Gasteiger partial charge in [0.1, 0.15) is 5.70 Å². The number of hydrogen-bond donors (Lipinski definition) is 2. The number of hydrogen-bond acceptors (Lipinski definition) is 3. The maximum atomic E-state index is 12.5. The number of allylic oxidation sites excluding steroid dienone is 3. The fourth-order valence-electron chi connectivity index (χ4n) is 1.63. The molecule has 2 N–H and O–H groups in total. The molecular formula is C10H12F3N3. The Morgan fingerprint density at radius 2 is 1.94 bits per heavy atom. The molecule has 16 heavy (non-hydrogen) atoms. The molecule has 2 aliphatic heterocycles. The summed E-state index contributed by atoms with van der Waals surface area (Å²) >= 11 is 0. The van der Waals surface area contributed by atoms with Gasteiger partial charge in [-0.05, 0) is 12.2 Å². The molecule has 1 fully saturated rings. The van der Waals surface area contributed by atoms with Gasteiger partial charge in [-0.2, -0.15) is 13.2 Å². The van der Waals surface area contributed by atoms with Gasteiger partial charge in [-0.15, -0.1) is 0 Å². The van der Waals surface area contributed by atoms with Gasteiger partial charge in [-0.3, -0.25) is 0 Å². The SMILES string of the molecule is FC(F)(F)C1=CC=C=C(N2CCNCC2)N1. The zero-order valence-electron chi connectivity index (χ0n) is 8.56. The molecule has 2 rings (SSSR count). The fourth-order valence-corrected chi connectivity index (χ4v) is 1.63. The van der Waals surface area contributed by atoms with Crippen LogP contribution in [0.3, 0.4) is 0 Å². The van der Waals surface area contributed by atoms with Crippen LogP contribution in [0.1, 0.15) is 0 Å². The van der Waals surface area contributed by atoms with Crippen molar-refractivity contribution in [2.24, 2.45) is 0 Å². The quantitative estimate of drug-likeness (QED) is 0.658. The van der Waals surface area contributed by atoms with Crippen molar-refractivity contribution >= 4 is 0 Å². The van der Waals surface area contributed by atoms with Gasteiger partial charge in [-0.1, -0.05) is 5.73 Å². The van der Waals surface area contributed by atoms with Crippen LogP contribution in [0.25, 0.3) is 0 Å². The highest BCUT2D eigenvalue weighted by molar-refractivity contribution is 5.25. The van der Waals surface area contributed by atoms with Crippen molar-refractivity contribution in [2.45, 2.75) is 6.18 Å². The Hall–Kier alpha value is -1.39. The predicted molar refractivity (Wildman–Crippen MR) is 53.3 cm³/mol. The van der Waals surface area contributed by atoms with Crippen LogP contribution in [-0.2, 0) is 0 Å². The van der Waals surface area contributed by atoms with E-state index in [1.165, 1.54) is 6.08 Å². The molecule has 0 aromatic heterocycles. The minimum absolute atomic E-state index is 0.399. The number of nitrogens with zero attached hydrogens (tertiary/aromatic N) is 1. The summed E-state index contributed by atoms with van der Waals surface area (Å²) in [6, 6.07) is 0. The number of alkyl halides is 3. The van der Waals surface area contributed by atoms with Crippen molar-refractivity contribution in [3.63, 3.8) is 0 Å². The maximum Gasteiger partial charge on any atom is 0.431 e. The van der Waals surface area contributed by atoms with E-state index in [1.807, 2.05) is 4.90 Å². The summed E-state index contributed by atoms with van der Waals surface area (Å²) in [5.74, 6) is 0.399. The van der Waals surface area contributed by atoms with Crippen LogP contribution < -0.4 is 10.6 Å². The van der Waals surface area contributed by atoms with Gasteiger partial charge in [0.2, 0.25) is 0 Å². The molecule has 0 aromatic rings. The second kappa shape index (κ2) is 4.23. The van der Waals surface area contributed by atoms with Crippen LogP contribution >= 0.6 is 0 Å².